The van der Waals surface area contributed by atoms with E-state index in [1.165, 1.54) is 12.1 Å². The Morgan fingerprint density at radius 2 is 1.98 bits per heavy atom. The molecule has 0 bridgehead atoms. The number of amides is 2. The van der Waals surface area contributed by atoms with Gasteiger partial charge in [-0.2, -0.15) is 5.26 Å². The Morgan fingerprint density at radius 3 is 2.62 bits per heavy atom. The number of hydrogen-bond acceptors (Lipinski definition) is 7. The molecule has 2 atom stereocenters. The number of likely N-dealkylation sites (tertiary alicyclic amines) is 1. The number of ether oxygens (including phenoxy) is 1. The number of carbonyl (C=O) groups excluding carboxylic acids is 2. The summed E-state index contributed by atoms with van der Waals surface area (Å²) < 4.78 is 33.8. The minimum Gasteiger partial charge on any atom is -0.380 e. The van der Waals surface area contributed by atoms with E-state index >= 15 is 0 Å². The Labute approximate surface area is 279 Å². The van der Waals surface area contributed by atoms with Crippen molar-refractivity contribution >= 4 is 40.1 Å². The fourth-order valence-electron chi connectivity index (χ4n) is 6.40. The largest absolute Gasteiger partial charge is 0.380 e. The van der Waals surface area contributed by atoms with Gasteiger partial charge in [0.25, 0.3) is 12.3 Å². The van der Waals surface area contributed by atoms with Crippen molar-refractivity contribution in [3.8, 4) is 6.07 Å². The molecule has 1 unspecified atom stereocenters. The van der Waals surface area contributed by atoms with E-state index in [2.05, 4.69) is 44.4 Å². The van der Waals surface area contributed by atoms with Crippen LogP contribution in [0.4, 0.5) is 14.7 Å². The molecule has 0 spiro atoms. The Hall–Kier alpha value is -3.40. The molecule has 2 fully saturated rings. The summed E-state index contributed by atoms with van der Waals surface area (Å²) in [6, 6.07) is 10.8. The number of nitrogens with zero attached hydrogens (tertiary/aromatic N) is 4. The number of nitrogens with one attached hydrogen (secondary N) is 2. The quantitative estimate of drug-likeness (QED) is 0.200. The molecular weight excluding hydrogens is 622 g/mol. The van der Waals surface area contributed by atoms with Crippen molar-refractivity contribution < 1.29 is 23.1 Å². The van der Waals surface area contributed by atoms with Crippen LogP contribution in [0.1, 0.15) is 93.3 Å². The smallest absolute Gasteiger partial charge is 0.272 e. The molecular formula is C35H46F2N6O3S. The summed E-state index contributed by atoms with van der Waals surface area (Å²) in [6.07, 6.45) is 1.03. The van der Waals surface area contributed by atoms with Crippen molar-refractivity contribution in [3.05, 3.63) is 45.6 Å². The number of thiophene rings is 1. The number of carbonyl (C=O) groups is 2. The lowest BCUT2D eigenvalue weighted by molar-refractivity contribution is -0.140. The zero-order valence-electron chi connectivity index (χ0n) is 28.0. The van der Waals surface area contributed by atoms with E-state index in [0.29, 0.717) is 44.8 Å². The first-order chi connectivity index (χ1) is 22.2. The van der Waals surface area contributed by atoms with Crippen LogP contribution in [-0.2, 0) is 22.6 Å². The van der Waals surface area contributed by atoms with Gasteiger partial charge in [-0.25, -0.2) is 13.8 Å². The second kappa shape index (κ2) is 14.0. The first kappa shape index (κ1) is 34.9. The highest BCUT2D eigenvalue weighted by Gasteiger charge is 2.42. The maximum absolute atomic E-state index is 14.0. The zero-order valence-corrected chi connectivity index (χ0v) is 28.8. The fraction of sp³-hybridized carbons (Fsp3) is 0.600. The molecule has 0 radical (unpaired) electrons. The highest BCUT2D eigenvalue weighted by Crippen LogP contribution is 2.37. The molecule has 12 heteroatoms. The van der Waals surface area contributed by atoms with Crippen LogP contribution in [0.25, 0.3) is 11.0 Å². The van der Waals surface area contributed by atoms with Gasteiger partial charge in [0.2, 0.25) is 11.9 Å². The highest BCUT2D eigenvalue weighted by molar-refractivity contribution is 7.14. The maximum Gasteiger partial charge on any atom is 0.272 e. The molecule has 2 aliphatic rings. The van der Waals surface area contributed by atoms with Crippen molar-refractivity contribution in [2.24, 2.45) is 16.2 Å². The van der Waals surface area contributed by atoms with E-state index in [0.717, 1.165) is 54.6 Å². The van der Waals surface area contributed by atoms with E-state index in [4.69, 9.17) is 9.72 Å². The number of anilines is 1. The topological polar surface area (TPSA) is 112 Å². The fourth-order valence-corrected chi connectivity index (χ4v) is 7.16. The number of hydrogen-bond donors (Lipinski definition) is 2. The van der Waals surface area contributed by atoms with Crippen LogP contribution >= 0.6 is 11.3 Å². The van der Waals surface area contributed by atoms with E-state index < -0.39 is 17.7 Å². The van der Waals surface area contributed by atoms with Crippen LogP contribution in [0.3, 0.4) is 0 Å². The molecule has 2 saturated heterocycles. The average Bonchev–Trinajstić information content (AvgIpc) is 3.75. The van der Waals surface area contributed by atoms with Gasteiger partial charge in [0, 0.05) is 37.6 Å². The van der Waals surface area contributed by atoms with Crippen LogP contribution in [0.15, 0.2) is 30.3 Å². The van der Waals surface area contributed by atoms with Gasteiger partial charge in [0.05, 0.1) is 40.1 Å². The molecule has 1 aromatic carbocycles. The summed E-state index contributed by atoms with van der Waals surface area (Å²) in [6.45, 7) is 14.2. The van der Waals surface area contributed by atoms with E-state index in [9.17, 15) is 23.6 Å². The first-order valence-electron chi connectivity index (χ1n) is 16.4. The third kappa shape index (κ3) is 8.19. The van der Waals surface area contributed by atoms with Crippen LogP contribution in [0.2, 0.25) is 0 Å². The number of aromatic nitrogens is 2. The summed E-state index contributed by atoms with van der Waals surface area (Å²) >= 11 is 0.752. The number of rotatable bonds is 13. The summed E-state index contributed by atoms with van der Waals surface area (Å²) in [5, 5.41) is 16.5. The minimum atomic E-state index is -2.66. The van der Waals surface area contributed by atoms with Crippen molar-refractivity contribution in [2.75, 3.05) is 31.6 Å². The molecule has 2 aliphatic heterocycles. The normalized spacial score (nSPS) is 19.0. The summed E-state index contributed by atoms with van der Waals surface area (Å²) in [4.78, 5) is 33.8. The number of imidazole rings is 1. The predicted molar refractivity (Wildman–Crippen MR) is 179 cm³/mol. The second-order valence-corrected chi connectivity index (χ2v) is 16.0. The number of nitriles is 1. The van der Waals surface area contributed by atoms with Gasteiger partial charge in [-0.1, -0.05) is 40.2 Å². The maximum atomic E-state index is 14.0. The number of fused-ring (bicyclic) bond motifs is 1. The van der Waals surface area contributed by atoms with E-state index in [1.807, 2.05) is 27.7 Å². The molecule has 9 nitrogen and oxygen atoms in total. The molecule has 2 N–H and O–H groups in total. The Balaban J connectivity index is 1.38. The molecule has 0 aliphatic carbocycles. The Morgan fingerprint density at radius 1 is 1.21 bits per heavy atom. The Bertz CT molecular complexity index is 1640. The van der Waals surface area contributed by atoms with E-state index in [1.54, 1.807) is 6.92 Å². The van der Waals surface area contributed by atoms with Crippen molar-refractivity contribution in [2.45, 2.75) is 92.3 Å². The second-order valence-electron chi connectivity index (χ2n) is 14.9. The predicted octanol–water partition coefficient (Wildman–Crippen LogP) is 7.15. The average molecular weight is 669 g/mol. The SMILES string of the molecule is CC(C)(C)CNCc1ccc2c(c1)nc(NC(=O)c1ccc(C(F)F)s1)n2C[C@H]1CCCN1C(=O)C(C)(C#N)CCCC1(C)COC1. The lowest BCUT2D eigenvalue weighted by Crippen LogP contribution is -2.46. The first-order valence-corrected chi connectivity index (χ1v) is 17.2. The summed E-state index contributed by atoms with van der Waals surface area (Å²) in [7, 11) is 0. The van der Waals surface area contributed by atoms with Gasteiger partial charge in [0.15, 0.2) is 0 Å². The zero-order chi connectivity index (χ0) is 34.0. The Kier molecular flexibility index (Phi) is 10.4. The highest BCUT2D eigenvalue weighted by atomic mass is 32.1. The van der Waals surface area contributed by atoms with Gasteiger partial charge < -0.3 is 19.5 Å². The molecule has 0 saturated carbocycles. The summed E-state index contributed by atoms with van der Waals surface area (Å²) in [5.41, 5.74) is 1.61. The molecule has 5 rings (SSSR count). The van der Waals surface area contributed by atoms with Crippen LogP contribution in [0, 0.1) is 27.6 Å². The van der Waals surface area contributed by atoms with Gasteiger partial charge in [0.1, 0.15) is 5.41 Å². The van der Waals surface area contributed by atoms with Crippen molar-refractivity contribution in [3.63, 3.8) is 0 Å². The molecule has 3 aromatic rings. The lowest BCUT2D eigenvalue weighted by Gasteiger charge is -2.39. The van der Waals surface area contributed by atoms with Crippen LogP contribution < -0.4 is 10.6 Å². The van der Waals surface area contributed by atoms with Crippen LogP contribution in [0.5, 0.6) is 0 Å². The standard InChI is InChI=1S/C35H46F2N6O3S/c1-33(2,3)20-39-17-23-9-10-26-25(16-23)40-32(41-30(44)28-12-11-27(47-28)29(36)37)43(26)18-24-8-6-15-42(24)31(45)35(5,19-38)14-7-13-34(4)21-46-22-34/h9-12,16,24,29,39H,6-8,13-15,17-18,20-22H2,1-5H3,(H,40,41,44)/t24-,35?/m1/s1. The molecule has 2 amide bonds. The number of benzene rings is 1. The van der Waals surface area contributed by atoms with Gasteiger partial charge in [-0.15, -0.1) is 11.3 Å². The van der Waals surface area contributed by atoms with Gasteiger partial charge >= 0.3 is 0 Å². The van der Waals surface area contributed by atoms with Gasteiger partial charge in [-0.3, -0.25) is 14.9 Å². The minimum absolute atomic E-state index is 0.117. The monoisotopic (exact) mass is 668 g/mol. The number of alkyl halides is 2. The van der Waals surface area contributed by atoms with Crippen molar-refractivity contribution in [1.82, 2.24) is 19.8 Å². The van der Waals surface area contributed by atoms with E-state index in [-0.39, 0.29) is 38.5 Å². The van der Waals surface area contributed by atoms with Gasteiger partial charge in [-0.05, 0) is 67.9 Å². The molecule has 4 heterocycles. The summed E-state index contributed by atoms with van der Waals surface area (Å²) in [5.74, 6) is -0.402. The third-order valence-electron chi connectivity index (χ3n) is 9.20. The van der Waals surface area contributed by atoms with Crippen LogP contribution in [-0.4, -0.2) is 58.6 Å². The lowest BCUT2D eigenvalue weighted by atomic mass is 9.78. The number of halogens is 2. The van der Waals surface area contributed by atoms with Crippen molar-refractivity contribution in [1.29, 1.82) is 5.26 Å². The molecule has 2 aromatic heterocycles. The third-order valence-corrected chi connectivity index (χ3v) is 10.3. The molecule has 47 heavy (non-hydrogen) atoms. The molecule has 254 valence electrons.